The highest BCUT2D eigenvalue weighted by Gasteiger charge is 2.38. The number of amides is 1. The van der Waals surface area contributed by atoms with Gasteiger partial charge in [-0.05, 0) is 44.7 Å². The molecule has 1 saturated carbocycles. The Morgan fingerprint density at radius 3 is 2.52 bits per heavy atom. The van der Waals surface area contributed by atoms with Crippen LogP contribution < -0.4 is 0 Å². The molecule has 0 bridgehead atoms. The number of aliphatic carboxylic acids is 1. The maximum absolute atomic E-state index is 12.6. The third-order valence-electron chi connectivity index (χ3n) is 4.62. The predicted molar refractivity (Wildman–Crippen MR) is 93.0 cm³/mol. The van der Waals surface area contributed by atoms with Crippen molar-refractivity contribution in [2.24, 2.45) is 0 Å². The number of hydrogen-bond acceptors (Lipinski definition) is 5. The van der Waals surface area contributed by atoms with Crippen molar-refractivity contribution in [3.05, 3.63) is 17.0 Å². The SMILES string of the molecule is CC(C(=O)O)N(C(=O)Cc1ccc(S(=O)(=O)N2CCCC2)s1)C1CC1. The van der Waals surface area contributed by atoms with E-state index >= 15 is 0 Å². The fraction of sp³-hybridized carbons (Fsp3) is 0.625. The summed E-state index contributed by atoms with van der Waals surface area (Å²) in [7, 11) is -3.47. The zero-order valence-corrected chi connectivity index (χ0v) is 15.7. The van der Waals surface area contributed by atoms with Crippen LogP contribution in [0.4, 0.5) is 0 Å². The molecule has 0 radical (unpaired) electrons. The molecule has 1 amide bonds. The lowest BCUT2D eigenvalue weighted by atomic mass is 10.2. The molecule has 1 aliphatic carbocycles. The standard InChI is InChI=1S/C16H22N2O5S2/c1-11(16(20)21)18(12-4-5-12)14(19)10-13-6-7-15(24-13)25(22,23)17-8-2-3-9-17/h6-7,11-12H,2-5,8-10H2,1H3,(H,20,21). The largest absolute Gasteiger partial charge is 0.480 e. The fourth-order valence-corrected chi connectivity index (χ4v) is 6.11. The molecule has 2 fully saturated rings. The molecule has 1 aromatic rings. The van der Waals surface area contributed by atoms with Crippen molar-refractivity contribution in [3.63, 3.8) is 0 Å². The van der Waals surface area contributed by atoms with Crippen molar-refractivity contribution in [2.75, 3.05) is 13.1 Å². The molecule has 1 atom stereocenters. The lowest BCUT2D eigenvalue weighted by Gasteiger charge is -2.26. The Labute approximate surface area is 151 Å². The molecular weight excluding hydrogens is 364 g/mol. The first-order chi connectivity index (χ1) is 11.8. The van der Waals surface area contributed by atoms with E-state index in [0.29, 0.717) is 18.0 Å². The van der Waals surface area contributed by atoms with Gasteiger partial charge in [0.25, 0.3) is 10.0 Å². The molecule has 3 rings (SSSR count). The van der Waals surface area contributed by atoms with Gasteiger partial charge in [-0.1, -0.05) is 0 Å². The van der Waals surface area contributed by atoms with Crippen molar-refractivity contribution in [1.29, 1.82) is 0 Å². The van der Waals surface area contributed by atoms with E-state index in [1.165, 1.54) is 16.1 Å². The zero-order chi connectivity index (χ0) is 18.2. The Kier molecular flexibility index (Phi) is 5.17. The lowest BCUT2D eigenvalue weighted by molar-refractivity contribution is -0.149. The molecule has 0 aromatic carbocycles. The van der Waals surface area contributed by atoms with Crippen LogP contribution in [-0.2, 0) is 26.0 Å². The Hall–Kier alpha value is -1.45. The van der Waals surface area contributed by atoms with Gasteiger partial charge in [-0.15, -0.1) is 11.3 Å². The van der Waals surface area contributed by atoms with Crippen molar-refractivity contribution in [1.82, 2.24) is 9.21 Å². The van der Waals surface area contributed by atoms with Gasteiger partial charge in [-0.3, -0.25) is 4.79 Å². The quantitative estimate of drug-likeness (QED) is 0.767. The zero-order valence-electron chi connectivity index (χ0n) is 14.1. The van der Waals surface area contributed by atoms with E-state index in [1.54, 1.807) is 12.1 Å². The first-order valence-corrected chi connectivity index (χ1v) is 10.7. The number of nitrogens with zero attached hydrogens (tertiary/aromatic N) is 2. The smallest absolute Gasteiger partial charge is 0.326 e. The second-order valence-corrected chi connectivity index (χ2v) is 9.89. The third kappa shape index (κ3) is 3.88. The first-order valence-electron chi connectivity index (χ1n) is 8.43. The number of carbonyl (C=O) groups excluding carboxylic acids is 1. The average Bonchev–Trinajstić information content (AvgIpc) is 3.04. The van der Waals surface area contributed by atoms with Crippen LogP contribution in [0.3, 0.4) is 0 Å². The third-order valence-corrected chi connectivity index (χ3v) is 8.08. The van der Waals surface area contributed by atoms with Crippen LogP contribution in [0.1, 0.15) is 37.5 Å². The van der Waals surface area contributed by atoms with Crippen LogP contribution in [0.5, 0.6) is 0 Å². The van der Waals surface area contributed by atoms with E-state index in [1.807, 2.05) is 0 Å². The van der Waals surface area contributed by atoms with Crippen molar-refractivity contribution < 1.29 is 23.1 Å². The van der Waals surface area contributed by atoms with Crippen molar-refractivity contribution in [2.45, 2.75) is 55.3 Å². The minimum atomic E-state index is -3.47. The van der Waals surface area contributed by atoms with Crippen LogP contribution in [-0.4, -0.2) is 59.8 Å². The van der Waals surface area contributed by atoms with Crippen molar-refractivity contribution in [3.8, 4) is 0 Å². The van der Waals surface area contributed by atoms with Gasteiger partial charge >= 0.3 is 5.97 Å². The highest BCUT2D eigenvalue weighted by atomic mass is 32.2. The van der Waals surface area contributed by atoms with E-state index in [-0.39, 0.29) is 22.6 Å². The minimum Gasteiger partial charge on any atom is -0.480 e. The van der Waals surface area contributed by atoms with Crippen LogP contribution in [0.15, 0.2) is 16.3 Å². The van der Waals surface area contributed by atoms with E-state index < -0.39 is 22.0 Å². The van der Waals surface area contributed by atoms with Crippen molar-refractivity contribution >= 4 is 33.2 Å². The molecular formula is C16H22N2O5S2. The maximum Gasteiger partial charge on any atom is 0.326 e. The van der Waals surface area contributed by atoms with E-state index in [4.69, 9.17) is 0 Å². The molecule has 1 saturated heterocycles. The lowest BCUT2D eigenvalue weighted by Crippen LogP contribution is -2.45. The van der Waals surface area contributed by atoms with Gasteiger partial charge in [0.2, 0.25) is 5.91 Å². The number of thiophene rings is 1. The summed E-state index contributed by atoms with van der Waals surface area (Å²) in [6, 6.07) is 2.32. The molecule has 1 N–H and O–H groups in total. The van der Waals surface area contributed by atoms with Gasteiger partial charge in [0.05, 0.1) is 6.42 Å². The van der Waals surface area contributed by atoms with Gasteiger partial charge in [-0.25, -0.2) is 13.2 Å². The van der Waals surface area contributed by atoms with E-state index in [9.17, 15) is 23.1 Å². The molecule has 9 heteroatoms. The summed E-state index contributed by atoms with van der Waals surface area (Å²) in [5.41, 5.74) is 0. The average molecular weight is 386 g/mol. The predicted octanol–water partition coefficient (Wildman–Crippen LogP) is 1.54. The summed E-state index contributed by atoms with van der Waals surface area (Å²) in [5.74, 6) is -1.28. The van der Waals surface area contributed by atoms with Crippen LogP contribution in [0.25, 0.3) is 0 Å². The molecule has 1 aromatic heterocycles. The number of carboxylic acids is 1. The van der Waals surface area contributed by atoms with Gasteiger partial charge < -0.3 is 10.0 Å². The second kappa shape index (κ2) is 7.05. The maximum atomic E-state index is 12.6. The second-order valence-electron chi connectivity index (χ2n) is 6.56. The summed E-state index contributed by atoms with van der Waals surface area (Å²) >= 11 is 1.10. The Bertz CT molecular complexity index is 763. The molecule has 7 nitrogen and oxygen atoms in total. The molecule has 1 unspecified atom stereocenters. The number of sulfonamides is 1. The molecule has 138 valence electrons. The summed E-state index contributed by atoms with van der Waals surface area (Å²) in [5, 5.41) is 9.20. The number of carbonyl (C=O) groups is 2. The Balaban J connectivity index is 1.72. The molecule has 0 spiro atoms. The Morgan fingerprint density at radius 2 is 1.96 bits per heavy atom. The van der Waals surface area contributed by atoms with E-state index in [0.717, 1.165) is 37.0 Å². The van der Waals surface area contributed by atoms with Crippen LogP contribution in [0.2, 0.25) is 0 Å². The monoisotopic (exact) mass is 386 g/mol. The highest BCUT2D eigenvalue weighted by molar-refractivity contribution is 7.91. The summed E-state index contributed by atoms with van der Waals surface area (Å²) in [6.07, 6.45) is 3.43. The van der Waals surface area contributed by atoms with Gasteiger partial charge in [0, 0.05) is 24.0 Å². The normalized spacial score (nSPS) is 19.7. The summed E-state index contributed by atoms with van der Waals surface area (Å²) in [4.78, 5) is 25.9. The van der Waals surface area contributed by atoms with Gasteiger partial charge in [0.15, 0.2) is 0 Å². The Morgan fingerprint density at radius 1 is 1.32 bits per heavy atom. The van der Waals surface area contributed by atoms with E-state index in [2.05, 4.69) is 0 Å². The summed E-state index contributed by atoms with van der Waals surface area (Å²) < 4.78 is 26.8. The number of carboxylic acid groups (broad SMARTS) is 1. The summed E-state index contributed by atoms with van der Waals surface area (Å²) in [6.45, 7) is 2.59. The molecule has 25 heavy (non-hydrogen) atoms. The topological polar surface area (TPSA) is 95.0 Å². The van der Waals surface area contributed by atoms with Crippen LogP contribution in [0, 0.1) is 0 Å². The molecule has 2 heterocycles. The fourth-order valence-electron chi connectivity index (χ4n) is 3.10. The molecule has 2 aliphatic rings. The van der Waals surface area contributed by atoms with Crippen LogP contribution >= 0.6 is 11.3 Å². The number of hydrogen-bond donors (Lipinski definition) is 1. The minimum absolute atomic E-state index is 0.00800. The highest BCUT2D eigenvalue weighted by Crippen LogP contribution is 2.31. The molecule has 1 aliphatic heterocycles. The van der Waals surface area contributed by atoms with Gasteiger partial charge in [-0.2, -0.15) is 4.31 Å². The van der Waals surface area contributed by atoms with Gasteiger partial charge in [0.1, 0.15) is 10.3 Å². The first kappa shape index (κ1) is 18.3. The number of rotatable bonds is 7.